The van der Waals surface area contributed by atoms with Gasteiger partial charge in [0.15, 0.2) is 6.61 Å². The maximum absolute atomic E-state index is 11.7. The molecule has 0 aromatic heterocycles. The zero-order chi connectivity index (χ0) is 15.8. The van der Waals surface area contributed by atoms with E-state index in [1.165, 1.54) is 0 Å². The van der Waals surface area contributed by atoms with E-state index in [-0.39, 0.29) is 6.04 Å². The Morgan fingerprint density at radius 2 is 1.95 bits per heavy atom. The Kier molecular flexibility index (Phi) is 6.87. The van der Waals surface area contributed by atoms with Gasteiger partial charge in [0.25, 0.3) is 5.91 Å². The van der Waals surface area contributed by atoms with Gasteiger partial charge in [-0.3, -0.25) is 10.1 Å². The molecule has 0 unspecified atom stereocenters. The van der Waals surface area contributed by atoms with E-state index in [0.717, 1.165) is 6.42 Å². The zero-order valence-electron chi connectivity index (χ0n) is 11.8. The number of hydrogen-bond donors (Lipinski definition) is 2. The molecular formula is C14H17BrN2O4. The van der Waals surface area contributed by atoms with Gasteiger partial charge in [0.2, 0.25) is 0 Å². The minimum absolute atomic E-state index is 0.0411. The molecule has 0 aliphatic carbocycles. The molecule has 21 heavy (non-hydrogen) atoms. The number of rotatable bonds is 5. The Labute approximate surface area is 131 Å². The average Bonchev–Trinajstić information content (AvgIpc) is 2.44. The number of hydrogen-bond acceptors (Lipinski definition) is 4. The van der Waals surface area contributed by atoms with Gasteiger partial charge >= 0.3 is 12.0 Å². The third-order valence-corrected chi connectivity index (χ3v) is 3.36. The molecule has 2 N–H and O–H groups in total. The molecule has 114 valence electrons. The molecule has 7 heteroatoms. The fourth-order valence-corrected chi connectivity index (χ4v) is 1.81. The van der Waals surface area contributed by atoms with Gasteiger partial charge in [-0.15, -0.1) is 0 Å². The van der Waals surface area contributed by atoms with Crippen LogP contribution in [0.2, 0.25) is 0 Å². The zero-order valence-corrected chi connectivity index (χ0v) is 13.4. The second-order valence-electron chi connectivity index (χ2n) is 4.39. The summed E-state index contributed by atoms with van der Waals surface area (Å²) in [7, 11) is 0. The first-order valence-corrected chi connectivity index (χ1v) is 7.25. The summed E-state index contributed by atoms with van der Waals surface area (Å²) in [6.45, 7) is 3.21. The van der Waals surface area contributed by atoms with Crippen LogP contribution < -0.4 is 10.6 Å². The van der Waals surface area contributed by atoms with Gasteiger partial charge in [-0.1, -0.05) is 19.1 Å². The van der Waals surface area contributed by atoms with E-state index in [2.05, 4.69) is 26.6 Å². The Bertz CT molecular complexity index is 533. The highest BCUT2D eigenvalue weighted by Gasteiger charge is 2.14. The smallest absolute Gasteiger partial charge is 0.339 e. The van der Waals surface area contributed by atoms with E-state index in [1.54, 1.807) is 24.3 Å². The van der Waals surface area contributed by atoms with Crippen molar-refractivity contribution in [2.24, 2.45) is 0 Å². The molecule has 1 aromatic carbocycles. The lowest BCUT2D eigenvalue weighted by Gasteiger charge is -2.11. The van der Waals surface area contributed by atoms with Crippen molar-refractivity contribution in [1.82, 2.24) is 10.6 Å². The summed E-state index contributed by atoms with van der Waals surface area (Å²) in [5, 5.41) is 4.66. The molecule has 0 spiro atoms. The van der Waals surface area contributed by atoms with E-state index in [1.807, 2.05) is 13.8 Å². The lowest BCUT2D eigenvalue weighted by Crippen LogP contribution is -2.44. The van der Waals surface area contributed by atoms with Crippen molar-refractivity contribution in [1.29, 1.82) is 0 Å². The van der Waals surface area contributed by atoms with Gasteiger partial charge in [-0.2, -0.15) is 0 Å². The molecule has 0 radical (unpaired) electrons. The van der Waals surface area contributed by atoms with Crippen LogP contribution in [0.3, 0.4) is 0 Å². The highest BCUT2D eigenvalue weighted by molar-refractivity contribution is 9.10. The second kappa shape index (κ2) is 8.41. The number of carbonyl (C=O) groups excluding carboxylic acids is 3. The highest BCUT2D eigenvalue weighted by atomic mass is 79.9. The Morgan fingerprint density at radius 3 is 2.57 bits per heavy atom. The number of imide groups is 1. The summed E-state index contributed by atoms with van der Waals surface area (Å²) in [5.74, 6) is -1.32. The van der Waals surface area contributed by atoms with Crippen LogP contribution >= 0.6 is 15.9 Å². The van der Waals surface area contributed by atoms with Crippen molar-refractivity contribution in [3.63, 3.8) is 0 Å². The molecule has 1 aromatic rings. The maximum atomic E-state index is 11.7. The van der Waals surface area contributed by atoms with Gasteiger partial charge in [0, 0.05) is 10.5 Å². The van der Waals surface area contributed by atoms with Gasteiger partial charge in [0.05, 0.1) is 5.56 Å². The number of ether oxygens (including phenoxy) is 1. The Hall–Kier alpha value is -1.89. The van der Waals surface area contributed by atoms with Crippen molar-refractivity contribution in [3.05, 3.63) is 34.3 Å². The largest absolute Gasteiger partial charge is 0.452 e. The Balaban J connectivity index is 2.41. The topological polar surface area (TPSA) is 84.5 Å². The molecule has 3 amide bonds. The van der Waals surface area contributed by atoms with Crippen LogP contribution in [0.25, 0.3) is 0 Å². The summed E-state index contributed by atoms with van der Waals surface area (Å²) >= 11 is 3.21. The lowest BCUT2D eigenvalue weighted by molar-refractivity contribution is -0.123. The van der Waals surface area contributed by atoms with E-state index in [9.17, 15) is 14.4 Å². The number of carbonyl (C=O) groups is 3. The van der Waals surface area contributed by atoms with Crippen LogP contribution in [-0.2, 0) is 9.53 Å². The molecule has 0 fully saturated rings. The summed E-state index contributed by atoms with van der Waals surface area (Å²) in [6, 6.07) is 6.05. The molecule has 0 bridgehead atoms. The van der Waals surface area contributed by atoms with E-state index in [0.29, 0.717) is 10.0 Å². The second-order valence-corrected chi connectivity index (χ2v) is 5.24. The van der Waals surface area contributed by atoms with Crippen molar-refractivity contribution in [2.45, 2.75) is 26.3 Å². The molecular weight excluding hydrogens is 340 g/mol. The number of esters is 1. The molecule has 0 aliphatic rings. The van der Waals surface area contributed by atoms with E-state index >= 15 is 0 Å². The number of benzene rings is 1. The minimum atomic E-state index is -0.684. The maximum Gasteiger partial charge on any atom is 0.339 e. The average molecular weight is 357 g/mol. The van der Waals surface area contributed by atoms with E-state index in [4.69, 9.17) is 4.74 Å². The lowest BCUT2D eigenvalue weighted by atomic mass is 10.2. The fourth-order valence-electron chi connectivity index (χ4n) is 1.36. The summed E-state index contributed by atoms with van der Waals surface area (Å²) in [6.07, 6.45) is 0.749. The predicted octanol–water partition coefficient (Wildman–Crippen LogP) is 2.23. The number of nitrogens with one attached hydrogen (secondary N) is 2. The van der Waals surface area contributed by atoms with E-state index < -0.39 is 24.5 Å². The molecule has 1 rings (SSSR count). The first kappa shape index (κ1) is 17.2. The highest BCUT2D eigenvalue weighted by Crippen LogP contribution is 2.16. The quantitative estimate of drug-likeness (QED) is 0.792. The number of halogens is 1. The summed E-state index contributed by atoms with van der Waals surface area (Å²) in [4.78, 5) is 34.6. The van der Waals surface area contributed by atoms with Crippen LogP contribution in [0.4, 0.5) is 4.79 Å². The SMILES string of the molecule is CC[C@@H](C)NC(=O)NC(=O)COC(=O)c1ccccc1Br. The first-order chi connectivity index (χ1) is 9.93. The third-order valence-electron chi connectivity index (χ3n) is 2.67. The number of amides is 3. The normalized spacial score (nSPS) is 11.4. The van der Waals surface area contributed by atoms with Gasteiger partial charge < -0.3 is 10.1 Å². The van der Waals surface area contributed by atoms with Crippen molar-refractivity contribution >= 4 is 33.8 Å². The standard InChI is InChI=1S/C14H17BrN2O4/c1-3-9(2)16-14(20)17-12(18)8-21-13(19)10-6-4-5-7-11(10)15/h4-7,9H,3,8H2,1-2H3,(H2,16,17,18,20)/t9-/m1/s1. The molecule has 0 saturated carbocycles. The van der Waals surface area contributed by atoms with Crippen molar-refractivity contribution in [2.75, 3.05) is 6.61 Å². The molecule has 1 atom stereocenters. The van der Waals surface area contributed by atoms with Crippen LogP contribution in [-0.4, -0.2) is 30.6 Å². The van der Waals surface area contributed by atoms with Crippen LogP contribution in [0.5, 0.6) is 0 Å². The molecule has 0 heterocycles. The summed E-state index contributed by atoms with van der Waals surface area (Å²) in [5.41, 5.74) is 0.314. The molecule has 0 saturated heterocycles. The summed E-state index contributed by atoms with van der Waals surface area (Å²) < 4.78 is 5.42. The number of urea groups is 1. The predicted molar refractivity (Wildman–Crippen MR) is 80.9 cm³/mol. The fraction of sp³-hybridized carbons (Fsp3) is 0.357. The molecule has 6 nitrogen and oxygen atoms in total. The van der Waals surface area contributed by atoms with Crippen molar-refractivity contribution in [3.8, 4) is 0 Å². The van der Waals surface area contributed by atoms with Crippen LogP contribution in [0.15, 0.2) is 28.7 Å². The molecule has 0 aliphatic heterocycles. The van der Waals surface area contributed by atoms with Gasteiger partial charge in [-0.05, 0) is 41.4 Å². The van der Waals surface area contributed by atoms with Crippen LogP contribution in [0, 0.1) is 0 Å². The minimum Gasteiger partial charge on any atom is -0.452 e. The third kappa shape index (κ3) is 5.95. The first-order valence-electron chi connectivity index (χ1n) is 6.46. The van der Waals surface area contributed by atoms with Gasteiger partial charge in [-0.25, -0.2) is 9.59 Å². The van der Waals surface area contributed by atoms with Gasteiger partial charge in [0.1, 0.15) is 0 Å². The van der Waals surface area contributed by atoms with Crippen molar-refractivity contribution < 1.29 is 19.1 Å². The van der Waals surface area contributed by atoms with Crippen LogP contribution in [0.1, 0.15) is 30.6 Å². The monoisotopic (exact) mass is 356 g/mol. The Morgan fingerprint density at radius 1 is 1.29 bits per heavy atom.